The lowest BCUT2D eigenvalue weighted by Gasteiger charge is -2.22. The number of halogens is 1. The second-order valence-electron chi connectivity index (χ2n) is 3.58. The topological polar surface area (TPSA) is 12.0 Å². The van der Waals surface area contributed by atoms with E-state index in [-0.39, 0.29) is 0 Å². The molecule has 1 fully saturated rings. The van der Waals surface area contributed by atoms with Crippen molar-refractivity contribution in [3.05, 3.63) is 34.3 Å². The van der Waals surface area contributed by atoms with Gasteiger partial charge in [0.2, 0.25) is 0 Å². The monoisotopic (exact) mass is 269 g/mol. The van der Waals surface area contributed by atoms with E-state index >= 15 is 0 Å². The number of benzene rings is 1. The molecule has 1 nitrogen and oxygen atoms in total. The van der Waals surface area contributed by atoms with Gasteiger partial charge in [0.25, 0.3) is 0 Å². The van der Waals surface area contributed by atoms with Crippen molar-refractivity contribution < 1.29 is 0 Å². The molecule has 84 valence electrons. The third kappa shape index (κ3) is 3.96. The Morgan fingerprint density at radius 2 is 1.60 bits per heavy atom. The Morgan fingerprint density at radius 1 is 1.07 bits per heavy atom. The summed E-state index contributed by atoms with van der Waals surface area (Å²) in [6.07, 6.45) is 2.56. The van der Waals surface area contributed by atoms with Crippen LogP contribution in [-0.2, 0) is 0 Å². The molecule has 2 heteroatoms. The molecule has 0 aliphatic carbocycles. The maximum Gasteiger partial charge on any atom is 0.0175 e. The van der Waals surface area contributed by atoms with Crippen molar-refractivity contribution >= 4 is 15.9 Å². The lowest BCUT2D eigenvalue weighted by molar-refractivity contribution is 0.460. The van der Waals surface area contributed by atoms with Crippen LogP contribution in [0.1, 0.15) is 38.2 Å². The van der Waals surface area contributed by atoms with E-state index in [4.69, 9.17) is 0 Å². The summed E-state index contributed by atoms with van der Waals surface area (Å²) in [6.45, 7) is 6.33. The van der Waals surface area contributed by atoms with Gasteiger partial charge in [-0.05, 0) is 49.5 Å². The molecule has 0 atom stereocenters. The largest absolute Gasteiger partial charge is 0.317 e. The van der Waals surface area contributed by atoms with Crippen LogP contribution in [0.15, 0.2) is 28.7 Å². The highest BCUT2D eigenvalue weighted by molar-refractivity contribution is 9.10. The third-order valence-corrected chi connectivity index (χ3v) is 3.21. The summed E-state index contributed by atoms with van der Waals surface area (Å²) in [5, 5.41) is 3.39. The van der Waals surface area contributed by atoms with Gasteiger partial charge < -0.3 is 5.32 Å². The molecular weight excluding hydrogens is 250 g/mol. The van der Waals surface area contributed by atoms with Crippen LogP contribution < -0.4 is 5.32 Å². The summed E-state index contributed by atoms with van der Waals surface area (Å²) in [7, 11) is 0. The highest BCUT2D eigenvalue weighted by atomic mass is 79.9. The van der Waals surface area contributed by atoms with Gasteiger partial charge in [0, 0.05) is 4.47 Å². The van der Waals surface area contributed by atoms with Gasteiger partial charge in [0.15, 0.2) is 0 Å². The van der Waals surface area contributed by atoms with E-state index < -0.39 is 0 Å². The number of hydrogen-bond donors (Lipinski definition) is 1. The van der Waals surface area contributed by atoms with Gasteiger partial charge in [0.1, 0.15) is 0 Å². The van der Waals surface area contributed by atoms with Crippen LogP contribution in [0.2, 0.25) is 0 Å². The van der Waals surface area contributed by atoms with E-state index in [9.17, 15) is 0 Å². The first kappa shape index (κ1) is 12.7. The van der Waals surface area contributed by atoms with Crippen molar-refractivity contribution in [2.75, 3.05) is 13.1 Å². The van der Waals surface area contributed by atoms with Crippen LogP contribution in [0.4, 0.5) is 0 Å². The summed E-state index contributed by atoms with van der Waals surface area (Å²) in [4.78, 5) is 0. The standard InChI is InChI=1S/C11H14BrN.C2H6/c12-11-3-1-9(2-4-11)10-5-7-13-8-6-10;1-2/h1-4,10,13H,5-8H2;1-2H3. The summed E-state index contributed by atoms with van der Waals surface area (Å²) in [5.41, 5.74) is 1.49. The molecule has 0 amide bonds. The Kier molecular flexibility index (Phi) is 5.96. The molecule has 0 aromatic heterocycles. The fraction of sp³-hybridized carbons (Fsp3) is 0.538. The fourth-order valence-electron chi connectivity index (χ4n) is 1.89. The van der Waals surface area contributed by atoms with Gasteiger partial charge in [-0.2, -0.15) is 0 Å². The van der Waals surface area contributed by atoms with E-state index in [1.165, 1.54) is 36.0 Å². The molecule has 1 aromatic carbocycles. The predicted octanol–water partition coefficient (Wildman–Crippen LogP) is 3.94. The van der Waals surface area contributed by atoms with Crippen molar-refractivity contribution in [1.82, 2.24) is 5.32 Å². The highest BCUT2D eigenvalue weighted by Crippen LogP contribution is 2.25. The lowest BCUT2D eigenvalue weighted by atomic mass is 9.90. The summed E-state index contributed by atoms with van der Waals surface area (Å²) in [5.74, 6) is 0.773. The highest BCUT2D eigenvalue weighted by Gasteiger charge is 2.14. The van der Waals surface area contributed by atoms with E-state index in [0.717, 1.165) is 5.92 Å². The first-order valence-corrected chi connectivity index (χ1v) is 6.62. The Hall–Kier alpha value is -0.340. The second kappa shape index (κ2) is 7.02. The van der Waals surface area contributed by atoms with Gasteiger partial charge in [-0.1, -0.05) is 41.9 Å². The van der Waals surface area contributed by atoms with Gasteiger partial charge in [0.05, 0.1) is 0 Å². The summed E-state index contributed by atoms with van der Waals surface area (Å²) < 4.78 is 1.17. The average Bonchev–Trinajstić information content (AvgIpc) is 2.34. The van der Waals surface area contributed by atoms with Gasteiger partial charge in [-0.15, -0.1) is 0 Å². The zero-order valence-corrected chi connectivity index (χ0v) is 11.2. The normalized spacial score (nSPS) is 16.7. The van der Waals surface area contributed by atoms with E-state index in [0.29, 0.717) is 0 Å². The number of nitrogens with one attached hydrogen (secondary N) is 1. The van der Waals surface area contributed by atoms with Crippen LogP contribution in [-0.4, -0.2) is 13.1 Å². The average molecular weight is 270 g/mol. The summed E-state index contributed by atoms with van der Waals surface area (Å²) >= 11 is 3.46. The minimum Gasteiger partial charge on any atom is -0.317 e. The molecule has 1 aromatic rings. The minimum absolute atomic E-state index is 0.773. The molecular formula is C13H20BrN. The molecule has 1 saturated heterocycles. The molecule has 0 unspecified atom stereocenters. The van der Waals surface area contributed by atoms with Crippen LogP contribution in [0, 0.1) is 0 Å². The molecule has 2 rings (SSSR count). The zero-order valence-electron chi connectivity index (χ0n) is 9.59. The Labute approximate surface area is 101 Å². The van der Waals surface area contributed by atoms with Crippen LogP contribution >= 0.6 is 15.9 Å². The quantitative estimate of drug-likeness (QED) is 0.815. The maximum atomic E-state index is 3.46. The Bertz CT molecular complexity index is 262. The smallest absolute Gasteiger partial charge is 0.0175 e. The van der Waals surface area contributed by atoms with Gasteiger partial charge in [-0.25, -0.2) is 0 Å². The number of rotatable bonds is 1. The number of piperidine rings is 1. The molecule has 1 heterocycles. The second-order valence-corrected chi connectivity index (χ2v) is 4.49. The van der Waals surface area contributed by atoms with E-state index in [1.807, 2.05) is 13.8 Å². The van der Waals surface area contributed by atoms with E-state index in [2.05, 4.69) is 45.5 Å². The van der Waals surface area contributed by atoms with Crippen LogP contribution in [0.5, 0.6) is 0 Å². The Balaban J connectivity index is 0.000000531. The van der Waals surface area contributed by atoms with Crippen LogP contribution in [0.3, 0.4) is 0 Å². The zero-order chi connectivity index (χ0) is 11.1. The van der Waals surface area contributed by atoms with Crippen molar-refractivity contribution in [2.45, 2.75) is 32.6 Å². The number of hydrogen-bond acceptors (Lipinski definition) is 1. The molecule has 0 bridgehead atoms. The Morgan fingerprint density at radius 3 is 2.13 bits per heavy atom. The fourth-order valence-corrected chi connectivity index (χ4v) is 2.15. The van der Waals surface area contributed by atoms with Crippen molar-refractivity contribution in [2.24, 2.45) is 0 Å². The van der Waals surface area contributed by atoms with E-state index in [1.54, 1.807) is 0 Å². The van der Waals surface area contributed by atoms with Crippen molar-refractivity contribution in [1.29, 1.82) is 0 Å². The first-order chi connectivity index (χ1) is 7.36. The lowest BCUT2D eigenvalue weighted by Crippen LogP contribution is -2.26. The molecule has 0 spiro atoms. The van der Waals surface area contributed by atoms with Crippen LogP contribution in [0.25, 0.3) is 0 Å². The molecule has 1 aliphatic rings. The third-order valence-electron chi connectivity index (χ3n) is 2.68. The minimum atomic E-state index is 0.773. The molecule has 15 heavy (non-hydrogen) atoms. The maximum absolute atomic E-state index is 3.46. The molecule has 0 radical (unpaired) electrons. The predicted molar refractivity (Wildman–Crippen MR) is 70.3 cm³/mol. The van der Waals surface area contributed by atoms with Gasteiger partial charge >= 0.3 is 0 Å². The molecule has 1 N–H and O–H groups in total. The first-order valence-electron chi connectivity index (χ1n) is 5.82. The SMILES string of the molecule is Brc1ccc(C2CCNCC2)cc1.CC. The van der Waals surface area contributed by atoms with Crippen molar-refractivity contribution in [3.8, 4) is 0 Å². The molecule has 0 saturated carbocycles. The summed E-state index contributed by atoms with van der Waals surface area (Å²) in [6, 6.07) is 8.74. The van der Waals surface area contributed by atoms with Gasteiger partial charge in [-0.3, -0.25) is 0 Å². The van der Waals surface area contributed by atoms with Crippen molar-refractivity contribution in [3.63, 3.8) is 0 Å². The molecule has 1 aliphatic heterocycles.